The van der Waals surface area contributed by atoms with Crippen molar-refractivity contribution in [2.45, 2.75) is 19.9 Å². The highest BCUT2D eigenvalue weighted by atomic mass is 32.1. The van der Waals surface area contributed by atoms with E-state index in [9.17, 15) is 19.1 Å². The highest BCUT2D eigenvalue weighted by Crippen LogP contribution is 2.46. The number of aliphatic hydroxyl groups is 1. The van der Waals surface area contributed by atoms with Crippen LogP contribution >= 0.6 is 11.3 Å². The van der Waals surface area contributed by atoms with Crippen LogP contribution in [0.5, 0.6) is 17.2 Å². The number of thiazole rings is 1. The maximum atomic E-state index is 13.9. The number of ketones is 1. The molecule has 1 amide bonds. The molecule has 8 nitrogen and oxygen atoms in total. The van der Waals surface area contributed by atoms with Gasteiger partial charge in [0, 0.05) is 5.56 Å². The Kier molecular flexibility index (Phi) is 7.21. The van der Waals surface area contributed by atoms with Crippen LogP contribution in [0.4, 0.5) is 9.52 Å². The molecule has 4 aromatic rings. The second-order valence-electron chi connectivity index (χ2n) is 8.58. The number of ether oxygens (including phenoxy) is 3. The first kappa shape index (κ1) is 26.2. The van der Waals surface area contributed by atoms with Crippen LogP contribution in [-0.2, 0) is 9.59 Å². The number of carbonyl (C=O) groups is 2. The number of methoxy groups -OCH3 is 1. The van der Waals surface area contributed by atoms with Crippen molar-refractivity contribution < 1.29 is 33.3 Å². The second-order valence-corrected chi connectivity index (χ2v) is 9.59. The molecule has 1 N–H and O–H groups in total. The molecule has 3 aromatic carbocycles. The molecule has 1 aliphatic rings. The van der Waals surface area contributed by atoms with Gasteiger partial charge in [0.05, 0.1) is 42.2 Å². The highest BCUT2D eigenvalue weighted by Gasteiger charge is 2.48. The van der Waals surface area contributed by atoms with Crippen molar-refractivity contribution in [1.29, 1.82) is 0 Å². The summed E-state index contributed by atoms with van der Waals surface area (Å²) in [6.45, 7) is 4.46. The van der Waals surface area contributed by atoms with Gasteiger partial charge in [-0.25, -0.2) is 9.37 Å². The van der Waals surface area contributed by atoms with E-state index < -0.39 is 23.5 Å². The summed E-state index contributed by atoms with van der Waals surface area (Å²) in [6.07, 6.45) is 0. The molecular weight excluding hydrogens is 523 g/mol. The maximum Gasteiger partial charge on any atom is 0.301 e. The van der Waals surface area contributed by atoms with Crippen LogP contribution in [0.1, 0.15) is 31.0 Å². The number of aliphatic hydroxyl groups excluding tert-OH is 1. The fourth-order valence-electron chi connectivity index (χ4n) is 4.48. The molecule has 0 aliphatic carbocycles. The van der Waals surface area contributed by atoms with Gasteiger partial charge in [-0.2, -0.15) is 0 Å². The van der Waals surface area contributed by atoms with Gasteiger partial charge < -0.3 is 19.3 Å². The summed E-state index contributed by atoms with van der Waals surface area (Å²) in [7, 11) is 1.52. The van der Waals surface area contributed by atoms with Gasteiger partial charge in [0.25, 0.3) is 5.78 Å². The van der Waals surface area contributed by atoms with Crippen LogP contribution in [-0.4, -0.2) is 42.1 Å². The van der Waals surface area contributed by atoms with Gasteiger partial charge in [-0.05, 0) is 74.0 Å². The zero-order valence-electron chi connectivity index (χ0n) is 21.4. The van der Waals surface area contributed by atoms with E-state index in [2.05, 4.69) is 4.98 Å². The number of Topliss-reactive ketones (excluding diaryl/α,β-unsaturated/α-hetero) is 1. The van der Waals surface area contributed by atoms with E-state index in [1.54, 1.807) is 42.5 Å². The number of fused-ring (bicyclic) bond motifs is 1. The van der Waals surface area contributed by atoms with Gasteiger partial charge in [-0.1, -0.05) is 17.4 Å². The number of halogens is 1. The van der Waals surface area contributed by atoms with Crippen molar-refractivity contribution in [3.05, 3.63) is 83.2 Å². The monoisotopic (exact) mass is 548 g/mol. The van der Waals surface area contributed by atoms with Gasteiger partial charge in [0.1, 0.15) is 17.3 Å². The van der Waals surface area contributed by atoms with Gasteiger partial charge >= 0.3 is 5.91 Å². The lowest BCUT2D eigenvalue weighted by atomic mass is 9.95. The number of anilines is 1. The summed E-state index contributed by atoms with van der Waals surface area (Å²) >= 11 is 1.08. The molecule has 1 atom stereocenters. The molecule has 1 unspecified atom stereocenters. The summed E-state index contributed by atoms with van der Waals surface area (Å²) in [6, 6.07) is 14.7. The van der Waals surface area contributed by atoms with Gasteiger partial charge in [0.2, 0.25) is 0 Å². The smallest absolute Gasteiger partial charge is 0.301 e. The first-order valence-corrected chi connectivity index (χ1v) is 13.1. The molecule has 0 bridgehead atoms. The lowest BCUT2D eigenvalue weighted by molar-refractivity contribution is -0.132. The Bertz CT molecular complexity index is 1600. The van der Waals surface area contributed by atoms with Gasteiger partial charge in [-0.15, -0.1) is 0 Å². The predicted molar refractivity (Wildman–Crippen MR) is 146 cm³/mol. The van der Waals surface area contributed by atoms with E-state index in [1.807, 2.05) is 13.8 Å². The third kappa shape index (κ3) is 4.79. The van der Waals surface area contributed by atoms with Crippen molar-refractivity contribution in [2.24, 2.45) is 0 Å². The van der Waals surface area contributed by atoms with E-state index in [1.165, 1.54) is 30.2 Å². The molecule has 0 spiro atoms. The van der Waals surface area contributed by atoms with Gasteiger partial charge in [0.15, 0.2) is 16.6 Å². The Hall–Kier alpha value is -4.44. The number of carbonyl (C=O) groups excluding carboxylic acids is 2. The number of benzene rings is 3. The largest absolute Gasteiger partial charge is 0.507 e. The summed E-state index contributed by atoms with van der Waals surface area (Å²) < 4.78 is 31.1. The quantitative estimate of drug-likeness (QED) is 0.167. The van der Waals surface area contributed by atoms with Crippen LogP contribution in [0, 0.1) is 5.82 Å². The van der Waals surface area contributed by atoms with Crippen molar-refractivity contribution in [3.8, 4) is 17.2 Å². The molecule has 2 heterocycles. The van der Waals surface area contributed by atoms with Crippen molar-refractivity contribution in [3.63, 3.8) is 0 Å². The zero-order valence-corrected chi connectivity index (χ0v) is 22.3. The highest BCUT2D eigenvalue weighted by molar-refractivity contribution is 7.22. The van der Waals surface area contributed by atoms with Crippen LogP contribution in [0.25, 0.3) is 16.0 Å². The number of rotatable bonds is 8. The fraction of sp³-hybridized carbons (Fsp3) is 0.207. The van der Waals surface area contributed by atoms with E-state index in [0.29, 0.717) is 51.8 Å². The first-order valence-electron chi connectivity index (χ1n) is 12.3. The third-order valence-corrected chi connectivity index (χ3v) is 7.25. The second kappa shape index (κ2) is 10.7. The molecule has 0 radical (unpaired) electrons. The Labute approximate surface area is 227 Å². The van der Waals surface area contributed by atoms with Crippen molar-refractivity contribution >= 4 is 44.1 Å². The van der Waals surface area contributed by atoms with Crippen LogP contribution < -0.4 is 19.1 Å². The fourth-order valence-corrected chi connectivity index (χ4v) is 5.49. The minimum absolute atomic E-state index is 0.109. The molecule has 0 saturated carbocycles. The molecule has 5 rings (SSSR count). The van der Waals surface area contributed by atoms with E-state index in [4.69, 9.17) is 14.2 Å². The summed E-state index contributed by atoms with van der Waals surface area (Å²) in [5, 5.41) is 11.6. The third-order valence-electron chi connectivity index (χ3n) is 6.24. The lowest BCUT2D eigenvalue weighted by Crippen LogP contribution is -2.29. The molecule has 1 aliphatic heterocycles. The van der Waals surface area contributed by atoms with Crippen molar-refractivity contribution in [2.75, 3.05) is 25.2 Å². The van der Waals surface area contributed by atoms with Crippen LogP contribution in [0.2, 0.25) is 0 Å². The van der Waals surface area contributed by atoms with Crippen LogP contribution in [0.3, 0.4) is 0 Å². The van der Waals surface area contributed by atoms with E-state index in [0.717, 1.165) is 11.3 Å². The summed E-state index contributed by atoms with van der Waals surface area (Å²) in [4.78, 5) is 32.8. The maximum absolute atomic E-state index is 13.9. The molecule has 1 aromatic heterocycles. The lowest BCUT2D eigenvalue weighted by Gasteiger charge is -2.24. The Morgan fingerprint density at radius 3 is 2.41 bits per heavy atom. The Balaban J connectivity index is 1.72. The Morgan fingerprint density at radius 2 is 1.72 bits per heavy atom. The normalized spacial score (nSPS) is 16.6. The average Bonchev–Trinajstić information content (AvgIpc) is 3.47. The first-order chi connectivity index (χ1) is 18.9. The minimum atomic E-state index is -1.03. The Morgan fingerprint density at radius 1 is 1.00 bits per heavy atom. The number of aromatic nitrogens is 1. The zero-order chi connectivity index (χ0) is 27.7. The predicted octanol–water partition coefficient (Wildman–Crippen LogP) is 5.87. The van der Waals surface area contributed by atoms with Gasteiger partial charge in [-0.3, -0.25) is 14.5 Å². The van der Waals surface area contributed by atoms with Crippen LogP contribution in [0.15, 0.2) is 66.2 Å². The molecule has 10 heteroatoms. The molecule has 39 heavy (non-hydrogen) atoms. The average molecular weight is 549 g/mol. The summed E-state index contributed by atoms with van der Waals surface area (Å²) in [5.74, 6) is -1.01. The van der Waals surface area contributed by atoms with E-state index >= 15 is 0 Å². The van der Waals surface area contributed by atoms with E-state index in [-0.39, 0.29) is 16.5 Å². The topological polar surface area (TPSA) is 98.2 Å². The molecular formula is C29H25FN2O6S. The number of amides is 1. The summed E-state index contributed by atoms with van der Waals surface area (Å²) in [5.41, 5.74) is 1.21. The minimum Gasteiger partial charge on any atom is -0.507 e. The molecule has 1 saturated heterocycles. The SMILES string of the molecule is CCOc1ccc(C2/C(=C(\O)c3ccc(OC)cc3)C(=O)C(=O)N2c2nc3ccc(F)cc3s2)cc1OCC. The molecule has 200 valence electrons. The molecule has 1 fully saturated rings. The number of nitrogens with zero attached hydrogens (tertiary/aromatic N) is 2. The van der Waals surface area contributed by atoms with Crippen molar-refractivity contribution in [1.82, 2.24) is 4.98 Å². The number of hydrogen-bond acceptors (Lipinski definition) is 8. The number of hydrogen-bond donors (Lipinski definition) is 1. The standard InChI is InChI=1S/C29H25FN2O6S/c1-4-37-21-13-8-17(14-22(21)38-5-2)25-24(26(33)16-6-10-19(36-3)11-7-16)27(34)28(35)32(25)29-31-20-12-9-18(30)15-23(20)39-29/h6-15,25,33H,4-5H2,1-3H3/b26-24+.